The van der Waals surface area contributed by atoms with Crippen LogP contribution in [0.3, 0.4) is 0 Å². The lowest BCUT2D eigenvalue weighted by Gasteiger charge is -2.24. The molecular weight excluding hydrogens is 223 g/mol. The fourth-order valence-corrected chi connectivity index (χ4v) is 2.42. The molecule has 0 radical (unpaired) electrons. The summed E-state index contributed by atoms with van der Waals surface area (Å²) in [7, 11) is 0. The monoisotopic (exact) mass is 242 g/mol. The van der Waals surface area contributed by atoms with Crippen molar-refractivity contribution in [3.05, 3.63) is 35.1 Å². The Morgan fingerprint density at radius 2 is 1.88 bits per heavy atom. The first-order chi connectivity index (χ1) is 7.41. The average Bonchev–Trinajstić information content (AvgIpc) is 2.18. The van der Waals surface area contributed by atoms with Gasteiger partial charge < -0.3 is 0 Å². The minimum absolute atomic E-state index is 0.114. The Morgan fingerprint density at radius 3 is 2.38 bits per heavy atom. The number of halogens is 2. The summed E-state index contributed by atoms with van der Waals surface area (Å²) in [5.41, 5.74) is 2.22. The lowest BCUT2D eigenvalue weighted by atomic mass is 9.85. The Hall–Kier alpha value is -0.560. The minimum Gasteiger partial charge on any atom is -0.207 e. The van der Waals surface area contributed by atoms with Gasteiger partial charge in [0.15, 0.2) is 0 Å². The van der Waals surface area contributed by atoms with Gasteiger partial charge in [-0.15, -0.1) is 11.6 Å². The Labute approximate surface area is 103 Å². The molecule has 0 spiro atoms. The van der Waals surface area contributed by atoms with Crippen molar-refractivity contribution in [2.45, 2.75) is 39.5 Å². The first kappa shape index (κ1) is 13.5. The van der Waals surface area contributed by atoms with Crippen LogP contribution in [0.25, 0.3) is 0 Å². The first-order valence-corrected chi connectivity index (χ1v) is 6.24. The summed E-state index contributed by atoms with van der Waals surface area (Å²) in [6.45, 7) is 8.36. The normalized spacial score (nSPS) is 15.2. The molecule has 0 N–H and O–H groups in total. The highest BCUT2D eigenvalue weighted by Gasteiger charge is 2.20. The van der Waals surface area contributed by atoms with Gasteiger partial charge in [0.05, 0.1) is 0 Å². The molecule has 2 unspecified atom stereocenters. The van der Waals surface area contributed by atoms with Gasteiger partial charge in [-0.2, -0.15) is 0 Å². The molecule has 0 aromatic heterocycles. The molecule has 90 valence electrons. The highest BCUT2D eigenvalue weighted by atomic mass is 35.5. The van der Waals surface area contributed by atoms with Gasteiger partial charge in [0.2, 0.25) is 0 Å². The van der Waals surface area contributed by atoms with Crippen molar-refractivity contribution < 1.29 is 4.39 Å². The Morgan fingerprint density at radius 1 is 1.25 bits per heavy atom. The van der Waals surface area contributed by atoms with Crippen molar-refractivity contribution >= 4 is 11.6 Å². The fraction of sp³-hybridized carbons (Fsp3) is 0.571. The number of benzene rings is 1. The van der Waals surface area contributed by atoms with Gasteiger partial charge in [0.25, 0.3) is 0 Å². The Bertz CT molecular complexity index is 337. The summed E-state index contributed by atoms with van der Waals surface area (Å²) in [5.74, 6) is 0.739. The predicted molar refractivity (Wildman–Crippen MR) is 68.5 cm³/mol. The van der Waals surface area contributed by atoms with Crippen LogP contribution < -0.4 is 0 Å². The van der Waals surface area contributed by atoms with Crippen molar-refractivity contribution in [1.82, 2.24) is 0 Å². The van der Waals surface area contributed by atoms with Gasteiger partial charge in [0, 0.05) is 5.38 Å². The van der Waals surface area contributed by atoms with E-state index in [4.69, 9.17) is 11.6 Å². The molecule has 0 nitrogen and oxygen atoms in total. The number of hydrogen-bond acceptors (Lipinski definition) is 0. The van der Waals surface area contributed by atoms with Gasteiger partial charge in [-0.25, -0.2) is 4.39 Å². The van der Waals surface area contributed by atoms with E-state index in [9.17, 15) is 4.39 Å². The number of rotatable bonds is 4. The summed E-state index contributed by atoms with van der Waals surface area (Å²) >= 11 is 6.19. The highest BCUT2D eigenvalue weighted by Crippen LogP contribution is 2.26. The third kappa shape index (κ3) is 3.48. The van der Waals surface area contributed by atoms with E-state index in [0.29, 0.717) is 11.8 Å². The molecule has 0 bridgehead atoms. The largest absolute Gasteiger partial charge is 0.207 e. The lowest BCUT2D eigenvalue weighted by molar-refractivity contribution is 0.375. The van der Waals surface area contributed by atoms with Crippen molar-refractivity contribution in [1.29, 1.82) is 0 Å². The van der Waals surface area contributed by atoms with E-state index in [-0.39, 0.29) is 11.2 Å². The van der Waals surface area contributed by atoms with Crippen molar-refractivity contribution in [2.24, 2.45) is 11.8 Å². The van der Waals surface area contributed by atoms with E-state index in [1.54, 1.807) is 6.07 Å². The molecule has 0 amide bonds. The van der Waals surface area contributed by atoms with E-state index < -0.39 is 0 Å². The zero-order valence-electron chi connectivity index (χ0n) is 10.4. The van der Waals surface area contributed by atoms with Crippen LogP contribution in [0, 0.1) is 24.6 Å². The molecule has 0 fully saturated rings. The summed E-state index contributed by atoms with van der Waals surface area (Å²) in [4.78, 5) is 0. The third-order valence-electron chi connectivity index (χ3n) is 3.21. The van der Waals surface area contributed by atoms with Gasteiger partial charge >= 0.3 is 0 Å². The molecule has 1 aromatic rings. The maximum atomic E-state index is 13.2. The number of alkyl halides is 1. The van der Waals surface area contributed by atoms with Crippen LogP contribution in [0.15, 0.2) is 18.2 Å². The highest BCUT2D eigenvalue weighted by molar-refractivity contribution is 6.20. The molecule has 0 saturated carbocycles. The zero-order chi connectivity index (χ0) is 12.3. The fourth-order valence-electron chi connectivity index (χ4n) is 2.04. The van der Waals surface area contributed by atoms with Crippen LogP contribution in [-0.2, 0) is 6.42 Å². The van der Waals surface area contributed by atoms with Crippen LogP contribution in [-0.4, -0.2) is 5.38 Å². The van der Waals surface area contributed by atoms with Crippen LogP contribution in [0.1, 0.15) is 31.9 Å². The molecule has 0 aliphatic carbocycles. The van der Waals surface area contributed by atoms with Crippen LogP contribution in [0.5, 0.6) is 0 Å². The quantitative estimate of drug-likeness (QED) is 0.679. The van der Waals surface area contributed by atoms with E-state index in [1.807, 2.05) is 19.9 Å². The maximum absolute atomic E-state index is 13.2. The molecule has 0 saturated heterocycles. The summed E-state index contributed by atoms with van der Waals surface area (Å²) in [6, 6.07) is 4.97. The third-order valence-corrected chi connectivity index (χ3v) is 3.54. The topological polar surface area (TPSA) is 0 Å². The molecule has 2 heteroatoms. The number of hydrogen-bond donors (Lipinski definition) is 0. The van der Waals surface area contributed by atoms with Gasteiger partial charge in [-0.1, -0.05) is 19.9 Å². The first-order valence-electron chi connectivity index (χ1n) is 5.81. The molecular formula is C14H20ClF. The van der Waals surface area contributed by atoms with Crippen LogP contribution in [0.4, 0.5) is 4.39 Å². The molecule has 1 aromatic carbocycles. The zero-order valence-corrected chi connectivity index (χ0v) is 11.2. The average molecular weight is 243 g/mol. The second kappa shape index (κ2) is 5.67. The maximum Gasteiger partial charge on any atom is 0.123 e. The molecule has 0 aliphatic rings. The smallest absolute Gasteiger partial charge is 0.123 e. The van der Waals surface area contributed by atoms with E-state index in [0.717, 1.165) is 17.5 Å². The van der Waals surface area contributed by atoms with E-state index >= 15 is 0 Å². The standard InChI is InChI=1S/C14H20ClF/c1-9(2)14(11(4)15)8-12-7-13(16)6-5-10(12)3/h5-7,9,11,14H,8H2,1-4H3. The van der Waals surface area contributed by atoms with Crippen molar-refractivity contribution in [3.8, 4) is 0 Å². The Kier molecular flexibility index (Phi) is 4.79. The second-order valence-electron chi connectivity index (χ2n) is 4.86. The van der Waals surface area contributed by atoms with Crippen molar-refractivity contribution in [3.63, 3.8) is 0 Å². The van der Waals surface area contributed by atoms with E-state index in [1.165, 1.54) is 6.07 Å². The Balaban J connectivity index is 2.89. The summed E-state index contributed by atoms with van der Waals surface area (Å²) in [5, 5.41) is 0.114. The van der Waals surface area contributed by atoms with E-state index in [2.05, 4.69) is 13.8 Å². The summed E-state index contributed by atoms with van der Waals surface area (Å²) < 4.78 is 13.2. The molecule has 2 atom stereocenters. The number of aryl methyl sites for hydroxylation is 1. The SMILES string of the molecule is Cc1ccc(F)cc1CC(C(C)C)C(C)Cl. The van der Waals surface area contributed by atoms with Gasteiger partial charge in [-0.05, 0) is 55.4 Å². The van der Waals surface area contributed by atoms with Gasteiger partial charge in [-0.3, -0.25) is 0 Å². The van der Waals surface area contributed by atoms with Crippen LogP contribution >= 0.6 is 11.6 Å². The van der Waals surface area contributed by atoms with Gasteiger partial charge in [0.1, 0.15) is 5.82 Å². The molecule has 0 heterocycles. The molecule has 1 rings (SSSR count). The predicted octanol–water partition coefficient (Wildman–Crippen LogP) is 4.58. The molecule has 0 aliphatic heterocycles. The second-order valence-corrected chi connectivity index (χ2v) is 5.55. The van der Waals surface area contributed by atoms with Crippen molar-refractivity contribution in [2.75, 3.05) is 0 Å². The lowest BCUT2D eigenvalue weighted by Crippen LogP contribution is -2.21. The van der Waals surface area contributed by atoms with Crippen LogP contribution in [0.2, 0.25) is 0 Å². The molecule has 16 heavy (non-hydrogen) atoms. The minimum atomic E-state index is -0.162. The summed E-state index contributed by atoms with van der Waals surface area (Å²) in [6.07, 6.45) is 0.853.